The minimum Gasteiger partial charge on any atom is -0.341 e. The fourth-order valence-electron chi connectivity index (χ4n) is 1.03. The predicted molar refractivity (Wildman–Crippen MR) is 73.8 cm³/mol. The van der Waals surface area contributed by atoms with Crippen LogP contribution < -0.4 is 0 Å². The molecule has 0 aliphatic heterocycles. The molecule has 0 saturated carbocycles. The molecule has 0 N–H and O–H groups in total. The number of benzene rings is 1. The summed E-state index contributed by atoms with van der Waals surface area (Å²) in [5.74, 6) is 0. The number of hydrogen-bond acceptors (Lipinski definition) is 3. The lowest BCUT2D eigenvalue weighted by Crippen LogP contribution is -1.88. The number of halogens is 1. The molecule has 1 unspecified atom stereocenters. The second-order valence-electron chi connectivity index (χ2n) is 2.89. The molecule has 0 radical (unpaired) electrons. The molecule has 0 aliphatic carbocycles. The van der Waals surface area contributed by atoms with E-state index in [4.69, 9.17) is 27.9 Å². The molecule has 1 rings (SSSR count). The molecular formula is C10H14ClOPS2. The largest absolute Gasteiger partial charge is 0.341 e. The van der Waals surface area contributed by atoms with Crippen molar-refractivity contribution in [1.29, 1.82) is 0 Å². The summed E-state index contributed by atoms with van der Waals surface area (Å²) in [5, 5.41) is 0.751. The Labute approximate surface area is 105 Å². The predicted octanol–water partition coefficient (Wildman–Crippen LogP) is 4.80. The number of hydrogen-bond donors (Lipinski definition) is 0. The van der Waals surface area contributed by atoms with Gasteiger partial charge in [-0.3, -0.25) is 0 Å². The summed E-state index contributed by atoms with van der Waals surface area (Å²) < 4.78 is 5.67. The molecule has 0 aromatic heterocycles. The van der Waals surface area contributed by atoms with Gasteiger partial charge in [-0.15, -0.1) is 0 Å². The van der Waals surface area contributed by atoms with E-state index in [1.165, 1.54) is 0 Å². The first-order valence-corrected chi connectivity index (χ1v) is 9.49. The van der Waals surface area contributed by atoms with Crippen LogP contribution in [-0.2, 0) is 16.3 Å². The van der Waals surface area contributed by atoms with E-state index < -0.39 is 5.47 Å². The highest BCUT2D eigenvalue weighted by Gasteiger charge is 2.16. The Kier molecular flexibility index (Phi) is 5.65. The molecule has 0 aliphatic rings. The van der Waals surface area contributed by atoms with Crippen LogP contribution in [0.25, 0.3) is 0 Å². The van der Waals surface area contributed by atoms with Gasteiger partial charge in [-0.1, -0.05) is 41.7 Å². The van der Waals surface area contributed by atoms with E-state index in [1.54, 1.807) is 11.4 Å². The third-order valence-electron chi connectivity index (χ3n) is 1.77. The van der Waals surface area contributed by atoms with Crippen molar-refractivity contribution in [2.75, 3.05) is 12.8 Å². The molecule has 1 nitrogen and oxygen atoms in total. The lowest BCUT2D eigenvalue weighted by molar-refractivity contribution is 0.385. The first-order valence-electron chi connectivity index (χ1n) is 4.78. The van der Waals surface area contributed by atoms with Gasteiger partial charge in [-0.25, -0.2) is 0 Å². The van der Waals surface area contributed by atoms with Crippen molar-refractivity contribution < 1.29 is 4.52 Å². The normalized spacial score (nSPS) is 14.9. The van der Waals surface area contributed by atoms with Crippen LogP contribution in [0.2, 0.25) is 5.02 Å². The summed E-state index contributed by atoms with van der Waals surface area (Å²) in [5.41, 5.74) is -1.73. The van der Waals surface area contributed by atoms with Crippen molar-refractivity contribution in [3.63, 3.8) is 0 Å². The molecule has 5 heteroatoms. The van der Waals surface area contributed by atoms with E-state index >= 15 is 0 Å². The Bertz CT molecular complexity index is 353. The van der Waals surface area contributed by atoms with Crippen LogP contribution >= 0.6 is 28.4 Å². The average molecular weight is 281 g/mol. The van der Waals surface area contributed by atoms with Gasteiger partial charge in [0.2, 0.25) is 0 Å². The zero-order valence-corrected chi connectivity index (χ0v) is 12.1. The molecule has 1 atom stereocenters. The Balaban J connectivity index is 2.75. The minimum absolute atomic E-state index is 0.686. The first kappa shape index (κ1) is 13.5. The Morgan fingerprint density at radius 3 is 2.40 bits per heavy atom. The Morgan fingerprint density at radius 1 is 1.33 bits per heavy atom. The van der Waals surface area contributed by atoms with Crippen LogP contribution in [0.3, 0.4) is 0 Å². The van der Waals surface area contributed by atoms with Gasteiger partial charge in [-0.05, 0) is 31.2 Å². The highest BCUT2D eigenvalue weighted by atomic mass is 35.5. The van der Waals surface area contributed by atoms with Crippen molar-refractivity contribution >= 4 is 40.3 Å². The quantitative estimate of drug-likeness (QED) is 0.717. The average Bonchev–Trinajstić information content (AvgIpc) is 2.22. The summed E-state index contributed by atoms with van der Waals surface area (Å²) in [6.45, 7) is 4.75. The van der Waals surface area contributed by atoms with Crippen LogP contribution in [0.1, 0.15) is 13.8 Å². The van der Waals surface area contributed by atoms with Gasteiger partial charge < -0.3 is 4.52 Å². The summed E-state index contributed by atoms with van der Waals surface area (Å²) in [6, 6.07) is 7.74. The molecule has 1 aromatic rings. The Morgan fingerprint density at radius 2 is 1.93 bits per heavy atom. The third-order valence-corrected chi connectivity index (χ3v) is 8.53. The van der Waals surface area contributed by atoms with Crippen molar-refractivity contribution in [2.45, 2.75) is 18.7 Å². The zero-order chi connectivity index (χ0) is 11.3. The van der Waals surface area contributed by atoms with Crippen molar-refractivity contribution in [2.24, 2.45) is 0 Å². The fourth-order valence-corrected chi connectivity index (χ4v) is 5.78. The number of rotatable bonds is 5. The van der Waals surface area contributed by atoms with Crippen molar-refractivity contribution in [3.8, 4) is 0 Å². The molecule has 0 heterocycles. The lowest BCUT2D eigenvalue weighted by atomic mass is 10.4. The third kappa shape index (κ3) is 4.46. The smallest absolute Gasteiger partial charge is 0.123 e. The molecular weight excluding hydrogens is 267 g/mol. The van der Waals surface area contributed by atoms with Crippen LogP contribution in [0.4, 0.5) is 0 Å². The Hall–Kier alpha value is 0.470. The molecule has 0 saturated heterocycles. The fraction of sp³-hybridized carbons (Fsp3) is 0.400. The summed E-state index contributed by atoms with van der Waals surface area (Å²) in [7, 11) is 0. The summed E-state index contributed by atoms with van der Waals surface area (Å²) in [6.07, 6.45) is 0.906. The van der Waals surface area contributed by atoms with Crippen LogP contribution in [0, 0.1) is 0 Å². The van der Waals surface area contributed by atoms with Gasteiger partial charge in [0.25, 0.3) is 0 Å². The van der Waals surface area contributed by atoms with Crippen LogP contribution in [0.15, 0.2) is 29.2 Å². The van der Waals surface area contributed by atoms with E-state index in [0.29, 0.717) is 6.61 Å². The molecule has 1 aromatic carbocycles. The second-order valence-corrected chi connectivity index (χ2v) is 10.9. The van der Waals surface area contributed by atoms with Crippen LogP contribution in [-0.4, -0.2) is 12.8 Å². The minimum atomic E-state index is -1.73. The van der Waals surface area contributed by atoms with E-state index in [1.807, 2.05) is 31.2 Å². The summed E-state index contributed by atoms with van der Waals surface area (Å²) >= 11 is 13.0. The molecule has 0 spiro atoms. The van der Waals surface area contributed by atoms with Crippen LogP contribution in [0.5, 0.6) is 0 Å². The van der Waals surface area contributed by atoms with Gasteiger partial charge in [-0.2, -0.15) is 0 Å². The van der Waals surface area contributed by atoms with E-state index in [2.05, 4.69) is 6.92 Å². The monoisotopic (exact) mass is 280 g/mol. The summed E-state index contributed by atoms with van der Waals surface area (Å²) in [4.78, 5) is 1.14. The highest BCUT2D eigenvalue weighted by molar-refractivity contribution is 8.69. The molecule has 0 amide bonds. The van der Waals surface area contributed by atoms with E-state index in [-0.39, 0.29) is 0 Å². The maximum absolute atomic E-state index is 5.82. The van der Waals surface area contributed by atoms with E-state index in [9.17, 15) is 0 Å². The molecule has 15 heavy (non-hydrogen) atoms. The maximum Gasteiger partial charge on any atom is 0.123 e. The second kappa shape index (κ2) is 6.27. The van der Waals surface area contributed by atoms with Gasteiger partial charge in [0.1, 0.15) is 5.47 Å². The van der Waals surface area contributed by atoms with Gasteiger partial charge in [0, 0.05) is 22.7 Å². The first-order chi connectivity index (χ1) is 7.09. The molecule has 0 fully saturated rings. The van der Waals surface area contributed by atoms with Gasteiger partial charge >= 0.3 is 0 Å². The molecule has 84 valence electrons. The standard InChI is InChI=1S/C10H14ClOPS2/c1-3-12-13(14,4-2)15-10-7-5-9(11)6-8-10/h5-8H,3-4H2,1-2H3. The zero-order valence-electron chi connectivity index (χ0n) is 8.77. The van der Waals surface area contributed by atoms with Gasteiger partial charge in [0.05, 0.1) is 0 Å². The topological polar surface area (TPSA) is 9.23 Å². The van der Waals surface area contributed by atoms with Crippen molar-refractivity contribution in [1.82, 2.24) is 0 Å². The lowest BCUT2D eigenvalue weighted by Gasteiger charge is -2.18. The maximum atomic E-state index is 5.82. The molecule has 0 bridgehead atoms. The highest BCUT2D eigenvalue weighted by Crippen LogP contribution is 2.62. The SMILES string of the molecule is CCOP(=S)(CC)Sc1ccc(Cl)cc1. The van der Waals surface area contributed by atoms with E-state index in [0.717, 1.165) is 16.1 Å². The van der Waals surface area contributed by atoms with Crippen molar-refractivity contribution in [3.05, 3.63) is 29.3 Å². The van der Waals surface area contributed by atoms with Gasteiger partial charge in [0.15, 0.2) is 0 Å².